The minimum absolute atomic E-state index is 0.424. The van der Waals surface area contributed by atoms with Gasteiger partial charge in [0.1, 0.15) is 0 Å². The number of hydrogen-bond donors (Lipinski definition) is 0. The Morgan fingerprint density at radius 1 is 1.64 bits per heavy atom. The molecular formula is C9H14N2. The van der Waals surface area contributed by atoms with Gasteiger partial charge in [0.2, 0.25) is 0 Å². The summed E-state index contributed by atoms with van der Waals surface area (Å²) in [5.74, 6) is 6.28. The van der Waals surface area contributed by atoms with Gasteiger partial charge < -0.3 is 0 Å². The summed E-state index contributed by atoms with van der Waals surface area (Å²) in [6.45, 7) is 7.21. The molecule has 0 aromatic heterocycles. The van der Waals surface area contributed by atoms with Crippen LogP contribution in [0.2, 0.25) is 0 Å². The van der Waals surface area contributed by atoms with Gasteiger partial charge in [0.25, 0.3) is 0 Å². The molecule has 0 saturated carbocycles. The fraction of sp³-hybridized carbons (Fsp3) is 0.556. The summed E-state index contributed by atoms with van der Waals surface area (Å²) in [7, 11) is 0. The number of hydrogen-bond acceptors (Lipinski definition) is 2. The molecule has 60 valence electrons. The zero-order chi connectivity index (χ0) is 8.53. The van der Waals surface area contributed by atoms with Gasteiger partial charge in [0, 0.05) is 25.3 Å². The quantitative estimate of drug-likeness (QED) is 0.333. The minimum Gasteiger partial charge on any atom is -0.167 e. The highest BCUT2D eigenvalue weighted by atomic mass is 15.2. The van der Waals surface area contributed by atoms with Crippen molar-refractivity contribution >= 4 is 12.9 Å². The third-order valence-electron chi connectivity index (χ3n) is 1.42. The van der Waals surface area contributed by atoms with E-state index in [2.05, 4.69) is 35.7 Å². The van der Waals surface area contributed by atoms with Gasteiger partial charge in [0.15, 0.2) is 0 Å². The molecule has 0 spiro atoms. The molecule has 0 aromatic rings. The van der Waals surface area contributed by atoms with Crippen molar-refractivity contribution in [3.8, 4) is 11.8 Å². The van der Waals surface area contributed by atoms with E-state index < -0.39 is 0 Å². The van der Waals surface area contributed by atoms with E-state index in [0.717, 1.165) is 12.8 Å². The third kappa shape index (κ3) is 5.35. The lowest BCUT2D eigenvalue weighted by Crippen LogP contribution is -1.97. The van der Waals surface area contributed by atoms with Crippen molar-refractivity contribution in [2.24, 2.45) is 16.1 Å². The SMILES string of the molecule is C=N/N=C/C(CC)CC#CC. The van der Waals surface area contributed by atoms with E-state index in [1.807, 2.05) is 6.92 Å². The van der Waals surface area contributed by atoms with Crippen LogP contribution in [0.3, 0.4) is 0 Å². The van der Waals surface area contributed by atoms with Gasteiger partial charge in [-0.05, 0) is 13.3 Å². The van der Waals surface area contributed by atoms with Gasteiger partial charge in [-0.15, -0.1) is 11.8 Å². The van der Waals surface area contributed by atoms with Crippen molar-refractivity contribution in [3.63, 3.8) is 0 Å². The van der Waals surface area contributed by atoms with Crippen LogP contribution in [0.25, 0.3) is 0 Å². The maximum Gasteiger partial charge on any atom is 0.0310 e. The van der Waals surface area contributed by atoms with Crippen LogP contribution in [0.15, 0.2) is 10.2 Å². The van der Waals surface area contributed by atoms with Gasteiger partial charge in [-0.3, -0.25) is 0 Å². The van der Waals surface area contributed by atoms with Gasteiger partial charge in [-0.2, -0.15) is 10.2 Å². The molecule has 0 N–H and O–H groups in total. The van der Waals surface area contributed by atoms with Crippen LogP contribution in [0.5, 0.6) is 0 Å². The third-order valence-corrected chi connectivity index (χ3v) is 1.42. The van der Waals surface area contributed by atoms with Crippen molar-refractivity contribution in [3.05, 3.63) is 0 Å². The molecule has 0 saturated heterocycles. The van der Waals surface area contributed by atoms with Crippen LogP contribution in [0.4, 0.5) is 0 Å². The molecule has 0 fully saturated rings. The molecule has 0 aliphatic carbocycles. The zero-order valence-electron chi connectivity index (χ0n) is 7.17. The lowest BCUT2D eigenvalue weighted by molar-refractivity contribution is 0.699. The Hall–Kier alpha value is -1.10. The molecule has 0 radical (unpaired) electrons. The smallest absolute Gasteiger partial charge is 0.0310 e. The highest BCUT2D eigenvalue weighted by Gasteiger charge is 1.98. The summed E-state index contributed by atoms with van der Waals surface area (Å²) in [6.07, 6.45) is 3.72. The number of rotatable bonds is 4. The summed E-state index contributed by atoms with van der Waals surface area (Å²) in [4.78, 5) is 0. The first-order valence-corrected chi connectivity index (χ1v) is 3.73. The first-order valence-electron chi connectivity index (χ1n) is 3.73. The Morgan fingerprint density at radius 2 is 2.36 bits per heavy atom. The average molecular weight is 150 g/mol. The molecule has 11 heavy (non-hydrogen) atoms. The van der Waals surface area contributed by atoms with Crippen LogP contribution in [0, 0.1) is 17.8 Å². The molecule has 1 atom stereocenters. The lowest BCUT2D eigenvalue weighted by atomic mass is 10.1. The van der Waals surface area contributed by atoms with Crippen molar-refractivity contribution in [2.75, 3.05) is 0 Å². The molecule has 0 rings (SSSR count). The first kappa shape index (κ1) is 9.90. The van der Waals surface area contributed by atoms with E-state index in [4.69, 9.17) is 0 Å². The first-order chi connectivity index (χ1) is 5.35. The summed E-state index contributed by atoms with van der Waals surface area (Å²) < 4.78 is 0. The fourth-order valence-electron chi connectivity index (χ4n) is 0.677. The number of nitrogens with zero attached hydrogens (tertiary/aromatic N) is 2. The highest BCUT2D eigenvalue weighted by molar-refractivity contribution is 5.61. The Balaban J connectivity index is 3.81. The van der Waals surface area contributed by atoms with Crippen molar-refractivity contribution in [2.45, 2.75) is 26.7 Å². The monoisotopic (exact) mass is 150 g/mol. The van der Waals surface area contributed by atoms with E-state index in [1.54, 1.807) is 6.21 Å². The molecule has 0 heterocycles. The van der Waals surface area contributed by atoms with E-state index in [9.17, 15) is 0 Å². The molecule has 0 aromatic carbocycles. The van der Waals surface area contributed by atoms with E-state index >= 15 is 0 Å². The van der Waals surface area contributed by atoms with Crippen LogP contribution >= 0.6 is 0 Å². The van der Waals surface area contributed by atoms with Crippen molar-refractivity contribution in [1.29, 1.82) is 0 Å². The molecular weight excluding hydrogens is 136 g/mol. The Labute approximate surface area is 68.4 Å². The van der Waals surface area contributed by atoms with E-state index in [1.165, 1.54) is 0 Å². The van der Waals surface area contributed by atoms with Crippen LogP contribution in [0.1, 0.15) is 26.7 Å². The second-order valence-corrected chi connectivity index (χ2v) is 2.21. The van der Waals surface area contributed by atoms with Crippen LogP contribution in [-0.4, -0.2) is 12.9 Å². The van der Waals surface area contributed by atoms with Gasteiger partial charge in [-0.25, -0.2) is 0 Å². The minimum atomic E-state index is 0.424. The van der Waals surface area contributed by atoms with Crippen molar-refractivity contribution in [1.82, 2.24) is 0 Å². The molecule has 0 aliphatic heterocycles. The standard InChI is InChI=1S/C9H14N2/c1-4-6-7-9(5-2)8-11-10-3/h8-9H,3,5,7H2,1-2H3/b11-8+. The van der Waals surface area contributed by atoms with Crippen LogP contribution in [-0.2, 0) is 0 Å². The largest absolute Gasteiger partial charge is 0.167 e. The maximum absolute atomic E-state index is 3.72. The van der Waals surface area contributed by atoms with E-state index in [-0.39, 0.29) is 0 Å². The predicted molar refractivity (Wildman–Crippen MR) is 49.9 cm³/mol. The van der Waals surface area contributed by atoms with Gasteiger partial charge in [-0.1, -0.05) is 6.92 Å². The molecule has 0 amide bonds. The normalized spacial score (nSPS) is 12.2. The van der Waals surface area contributed by atoms with E-state index in [0.29, 0.717) is 5.92 Å². The predicted octanol–water partition coefficient (Wildman–Crippen LogP) is 2.11. The summed E-state index contributed by atoms with van der Waals surface area (Å²) in [5.41, 5.74) is 0. The fourth-order valence-corrected chi connectivity index (χ4v) is 0.677. The molecule has 0 aliphatic rings. The molecule has 1 unspecified atom stereocenters. The average Bonchev–Trinajstić information content (AvgIpc) is 2.05. The Kier molecular flexibility index (Phi) is 6.31. The van der Waals surface area contributed by atoms with Gasteiger partial charge in [0.05, 0.1) is 0 Å². The Morgan fingerprint density at radius 3 is 2.82 bits per heavy atom. The molecule has 2 nitrogen and oxygen atoms in total. The molecule has 2 heteroatoms. The molecule has 0 bridgehead atoms. The van der Waals surface area contributed by atoms with Gasteiger partial charge >= 0.3 is 0 Å². The van der Waals surface area contributed by atoms with Crippen molar-refractivity contribution < 1.29 is 0 Å². The zero-order valence-corrected chi connectivity index (χ0v) is 7.17. The van der Waals surface area contributed by atoms with Crippen LogP contribution < -0.4 is 0 Å². The summed E-state index contributed by atoms with van der Waals surface area (Å²) in [6, 6.07) is 0. The highest BCUT2D eigenvalue weighted by Crippen LogP contribution is 2.03. The topological polar surface area (TPSA) is 24.7 Å². The summed E-state index contributed by atoms with van der Waals surface area (Å²) in [5, 5.41) is 7.12. The summed E-state index contributed by atoms with van der Waals surface area (Å²) >= 11 is 0. The Bertz CT molecular complexity index is 183. The lowest BCUT2D eigenvalue weighted by Gasteiger charge is -2.00. The maximum atomic E-state index is 3.72. The second-order valence-electron chi connectivity index (χ2n) is 2.21. The second kappa shape index (κ2) is 7.01.